The third-order valence-corrected chi connectivity index (χ3v) is 5.05. The summed E-state index contributed by atoms with van der Waals surface area (Å²) in [5, 5.41) is 11.8. The van der Waals surface area contributed by atoms with E-state index in [0.717, 1.165) is 55.0 Å². The van der Waals surface area contributed by atoms with Crippen molar-refractivity contribution in [3.63, 3.8) is 0 Å². The van der Waals surface area contributed by atoms with Gasteiger partial charge < -0.3 is 10.3 Å². The van der Waals surface area contributed by atoms with E-state index in [9.17, 15) is 4.79 Å². The molecule has 2 heterocycles. The zero-order valence-electron chi connectivity index (χ0n) is 15.0. The second kappa shape index (κ2) is 7.60. The Hall–Kier alpha value is -3.17. The number of nitrogens with one attached hydrogen (secondary N) is 2. The number of aromatic nitrogens is 2. The van der Waals surface area contributed by atoms with E-state index in [4.69, 9.17) is 5.26 Å². The summed E-state index contributed by atoms with van der Waals surface area (Å²) in [4.78, 5) is 22.8. The van der Waals surface area contributed by atoms with Crippen LogP contribution in [0.2, 0.25) is 0 Å². The minimum atomic E-state index is 0.0209. The molecule has 2 N–H and O–H groups in total. The van der Waals surface area contributed by atoms with Crippen LogP contribution >= 0.6 is 0 Å². The number of rotatable bonds is 4. The lowest BCUT2D eigenvalue weighted by Crippen LogP contribution is -2.38. The van der Waals surface area contributed by atoms with Crippen molar-refractivity contribution in [2.75, 3.05) is 18.4 Å². The second-order valence-corrected chi connectivity index (χ2v) is 6.93. The van der Waals surface area contributed by atoms with Crippen LogP contribution in [0.3, 0.4) is 0 Å². The van der Waals surface area contributed by atoms with Crippen molar-refractivity contribution < 1.29 is 4.79 Å². The maximum absolute atomic E-state index is 12.5. The largest absolute Gasteiger partial charge is 0.341 e. The first-order chi connectivity index (χ1) is 13.2. The van der Waals surface area contributed by atoms with Crippen molar-refractivity contribution in [3.05, 3.63) is 59.9 Å². The van der Waals surface area contributed by atoms with E-state index in [2.05, 4.69) is 26.3 Å². The fourth-order valence-electron chi connectivity index (χ4n) is 3.52. The molecule has 1 aliphatic rings. The molecule has 1 amide bonds. The Morgan fingerprint density at radius 1 is 1.19 bits per heavy atom. The maximum atomic E-state index is 12.5. The summed E-state index contributed by atoms with van der Waals surface area (Å²) in [5.41, 5.74) is 3.38. The molecule has 27 heavy (non-hydrogen) atoms. The topological polar surface area (TPSA) is 84.8 Å². The van der Waals surface area contributed by atoms with Crippen molar-refractivity contribution in [2.45, 2.75) is 19.4 Å². The number of imidazole rings is 1. The molecule has 6 heteroatoms. The summed E-state index contributed by atoms with van der Waals surface area (Å²) in [5.74, 6) is 1.05. The summed E-state index contributed by atoms with van der Waals surface area (Å²) < 4.78 is 0. The van der Waals surface area contributed by atoms with Gasteiger partial charge in [-0.15, -0.1) is 0 Å². The molecule has 136 valence electrons. The van der Waals surface area contributed by atoms with Gasteiger partial charge >= 0.3 is 0 Å². The third-order valence-electron chi connectivity index (χ3n) is 5.05. The molecule has 6 nitrogen and oxygen atoms in total. The molecule has 1 aromatic heterocycles. The first-order valence-electron chi connectivity index (χ1n) is 9.18. The van der Waals surface area contributed by atoms with E-state index in [1.165, 1.54) is 0 Å². The number of benzene rings is 2. The number of carbonyl (C=O) groups excluding carboxylic acids is 1. The van der Waals surface area contributed by atoms with E-state index >= 15 is 0 Å². The smallest absolute Gasteiger partial charge is 0.227 e. The summed E-state index contributed by atoms with van der Waals surface area (Å²) >= 11 is 0. The number of likely N-dealkylation sites (tertiary alicyclic amines) is 1. The van der Waals surface area contributed by atoms with Crippen molar-refractivity contribution in [3.8, 4) is 6.07 Å². The second-order valence-electron chi connectivity index (χ2n) is 6.93. The van der Waals surface area contributed by atoms with Crippen LogP contribution in [0.1, 0.15) is 24.2 Å². The van der Waals surface area contributed by atoms with E-state index in [0.29, 0.717) is 5.56 Å². The quantitative estimate of drug-likeness (QED) is 0.749. The minimum Gasteiger partial charge on any atom is -0.341 e. The molecule has 2 aromatic carbocycles. The normalized spacial score (nSPS) is 15.5. The number of nitrogens with zero attached hydrogens (tertiary/aromatic N) is 3. The lowest BCUT2D eigenvalue weighted by molar-refractivity contribution is -0.121. The van der Waals surface area contributed by atoms with E-state index in [1.807, 2.05) is 24.3 Å². The predicted molar refractivity (Wildman–Crippen MR) is 104 cm³/mol. The summed E-state index contributed by atoms with van der Waals surface area (Å²) in [6.07, 6.45) is 1.67. The highest BCUT2D eigenvalue weighted by Crippen LogP contribution is 2.21. The molecule has 3 aromatic rings. The van der Waals surface area contributed by atoms with E-state index < -0.39 is 0 Å². The number of fused-ring (bicyclic) bond motifs is 1. The highest BCUT2D eigenvalue weighted by atomic mass is 16.1. The van der Waals surface area contributed by atoms with Gasteiger partial charge in [-0.3, -0.25) is 9.69 Å². The fraction of sp³-hybridized carbons (Fsp3) is 0.286. The zero-order valence-corrected chi connectivity index (χ0v) is 15.0. The van der Waals surface area contributed by atoms with Crippen molar-refractivity contribution in [2.24, 2.45) is 5.92 Å². The number of hydrogen-bond acceptors (Lipinski definition) is 4. The van der Waals surface area contributed by atoms with Crippen molar-refractivity contribution in [1.29, 1.82) is 5.26 Å². The van der Waals surface area contributed by atoms with Crippen LogP contribution in [0.15, 0.2) is 48.5 Å². The molecule has 1 saturated heterocycles. The summed E-state index contributed by atoms with van der Waals surface area (Å²) in [7, 11) is 0. The SMILES string of the molecule is N#Cc1ccc(NC(=O)C2CCN(Cc3nc4ccccc4[nH]3)CC2)cc1. The first kappa shape index (κ1) is 17.3. The van der Waals surface area contributed by atoms with Gasteiger partial charge in [-0.1, -0.05) is 12.1 Å². The number of nitriles is 1. The predicted octanol–water partition coefficient (Wildman–Crippen LogP) is 3.29. The number of para-hydroxylation sites is 2. The Kier molecular flexibility index (Phi) is 4.86. The van der Waals surface area contributed by atoms with Crippen molar-refractivity contribution >= 4 is 22.6 Å². The fourth-order valence-corrected chi connectivity index (χ4v) is 3.52. The van der Waals surface area contributed by atoms with Gasteiger partial charge in [0.2, 0.25) is 5.91 Å². The van der Waals surface area contributed by atoms with Gasteiger partial charge in [-0.25, -0.2) is 4.98 Å². The molecule has 0 radical (unpaired) electrons. The molecule has 0 atom stereocenters. The summed E-state index contributed by atoms with van der Waals surface area (Å²) in [6.45, 7) is 2.53. The first-order valence-corrected chi connectivity index (χ1v) is 9.18. The van der Waals surface area contributed by atoms with Gasteiger partial charge in [0.05, 0.1) is 29.2 Å². The average Bonchev–Trinajstić information content (AvgIpc) is 3.11. The van der Waals surface area contributed by atoms with Crippen LogP contribution in [0.4, 0.5) is 5.69 Å². The van der Waals surface area contributed by atoms with Crippen LogP contribution < -0.4 is 5.32 Å². The molecule has 0 unspecified atom stereocenters. The van der Waals surface area contributed by atoms with Gasteiger partial charge in [0.1, 0.15) is 5.82 Å². The molecular weight excluding hydrogens is 338 g/mol. The molecule has 0 bridgehead atoms. The molecule has 0 aliphatic carbocycles. The monoisotopic (exact) mass is 359 g/mol. The van der Waals surface area contributed by atoms with Crippen LogP contribution in [0.25, 0.3) is 11.0 Å². The number of piperidine rings is 1. The molecule has 4 rings (SSSR count). The Morgan fingerprint density at radius 3 is 2.63 bits per heavy atom. The maximum Gasteiger partial charge on any atom is 0.227 e. The Labute approximate surface area is 157 Å². The highest BCUT2D eigenvalue weighted by Gasteiger charge is 2.25. The highest BCUT2D eigenvalue weighted by molar-refractivity contribution is 5.92. The third kappa shape index (κ3) is 3.99. The van der Waals surface area contributed by atoms with Gasteiger partial charge in [-0.2, -0.15) is 5.26 Å². The lowest BCUT2D eigenvalue weighted by atomic mass is 9.95. The molecular formula is C21H21N5O. The number of anilines is 1. The lowest BCUT2D eigenvalue weighted by Gasteiger charge is -2.30. The van der Waals surface area contributed by atoms with Crippen LogP contribution in [-0.4, -0.2) is 33.9 Å². The number of aromatic amines is 1. The van der Waals surface area contributed by atoms with Gasteiger partial charge in [0, 0.05) is 11.6 Å². The molecule has 0 saturated carbocycles. The summed E-state index contributed by atoms with van der Waals surface area (Å²) in [6, 6.07) is 17.1. The molecule has 0 spiro atoms. The van der Waals surface area contributed by atoms with Crippen molar-refractivity contribution in [1.82, 2.24) is 14.9 Å². The van der Waals surface area contributed by atoms with E-state index in [1.54, 1.807) is 24.3 Å². The number of H-pyrrole nitrogens is 1. The van der Waals surface area contributed by atoms with Crippen LogP contribution in [-0.2, 0) is 11.3 Å². The van der Waals surface area contributed by atoms with Gasteiger partial charge in [-0.05, 0) is 62.3 Å². The minimum absolute atomic E-state index is 0.0209. The average molecular weight is 359 g/mol. The van der Waals surface area contributed by atoms with Crippen LogP contribution in [0, 0.1) is 17.2 Å². The Morgan fingerprint density at radius 2 is 1.93 bits per heavy atom. The Bertz CT molecular complexity index is 945. The van der Waals surface area contributed by atoms with Gasteiger partial charge in [0.15, 0.2) is 0 Å². The zero-order chi connectivity index (χ0) is 18.6. The number of hydrogen-bond donors (Lipinski definition) is 2. The Balaban J connectivity index is 1.30. The standard InChI is InChI=1S/C21H21N5O/c22-13-15-5-7-17(8-6-15)23-21(27)16-9-11-26(12-10-16)14-20-24-18-3-1-2-4-19(18)25-20/h1-8,16H,9-12,14H2,(H,23,27)(H,24,25). The van der Waals surface area contributed by atoms with Gasteiger partial charge in [0.25, 0.3) is 0 Å². The molecule has 1 fully saturated rings. The number of amides is 1. The molecule has 1 aliphatic heterocycles. The van der Waals surface area contributed by atoms with Crippen LogP contribution in [0.5, 0.6) is 0 Å². The van der Waals surface area contributed by atoms with E-state index in [-0.39, 0.29) is 11.8 Å². The number of carbonyl (C=O) groups is 1.